The number of thiophene rings is 1. The highest BCUT2D eigenvalue weighted by molar-refractivity contribution is 7.19. The number of rotatable bonds is 10. The molecule has 0 radical (unpaired) electrons. The van der Waals surface area contributed by atoms with Crippen LogP contribution in [0.25, 0.3) is 111 Å². The van der Waals surface area contributed by atoms with Gasteiger partial charge in [0.2, 0.25) is 5.95 Å². The van der Waals surface area contributed by atoms with E-state index in [9.17, 15) is 0 Å². The van der Waals surface area contributed by atoms with Crippen molar-refractivity contribution < 1.29 is 0 Å². The number of anilines is 3. The molecule has 0 fully saturated rings. The molecule has 0 saturated carbocycles. The third-order valence-electron chi connectivity index (χ3n) is 15.9. The molecule has 0 atom stereocenters. The lowest BCUT2D eigenvalue weighted by Gasteiger charge is -2.24. The van der Waals surface area contributed by atoms with Crippen LogP contribution in [-0.4, -0.2) is 34.1 Å². The Bertz CT molecular complexity index is 4490. The van der Waals surface area contributed by atoms with E-state index in [1.54, 1.807) is 11.3 Å². The van der Waals surface area contributed by atoms with Gasteiger partial charge in [0.25, 0.3) is 0 Å². The van der Waals surface area contributed by atoms with E-state index in [1.807, 2.05) is 73.1 Å². The predicted octanol–water partition coefficient (Wildman–Crippen LogP) is 18.3. The van der Waals surface area contributed by atoms with Crippen molar-refractivity contribution in [3.63, 3.8) is 0 Å². The largest absolute Gasteiger partial charge is 0.309 e. The average molecular weight is 1040 g/mol. The Balaban J connectivity index is 0.986. The second kappa shape index (κ2) is 19.3. The molecule has 0 saturated heterocycles. The summed E-state index contributed by atoms with van der Waals surface area (Å²) in [5.41, 5.74) is 21.0. The number of para-hydroxylation sites is 1. The van der Waals surface area contributed by atoms with Crippen LogP contribution < -0.4 is 4.90 Å². The van der Waals surface area contributed by atoms with Crippen molar-refractivity contribution in [3.05, 3.63) is 253 Å². The smallest absolute Gasteiger partial charge is 0.238 e. The fourth-order valence-corrected chi connectivity index (χ4v) is 12.5. The minimum Gasteiger partial charge on any atom is -0.309 e. The molecular formula is C70H52N8S. The molecule has 8 aromatic carbocycles. The van der Waals surface area contributed by atoms with Gasteiger partial charge in [0.1, 0.15) is 5.00 Å². The second-order valence-electron chi connectivity index (χ2n) is 20.3. The van der Waals surface area contributed by atoms with Crippen molar-refractivity contribution in [2.75, 3.05) is 4.90 Å². The molecule has 0 N–H and O–H groups in total. The van der Waals surface area contributed by atoms with Crippen LogP contribution in [0.4, 0.5) is 16.4 Å². The fraction of sp³-hybridized carbons (Fsp3) is 0.0714. The summed E-state index contributed by atoms with van der Waals surface area (Å²) in [6, 6.07) is 74.8. The molecule has 0 aliphatic rings. The molecule has 6 aromatic heterocycles. The second-order valence-corrected chi connectivity index (χ2v) is 21.4. The molecule has 0 unspecified atom stereocenters. The van der Waals surface area contributed by atoms with Gasteiger partial charge in [0.15, 0.2) is 11.6 Å². The molecule has 9 heteroatoms. The highest BCUT2D eigenvalue weighted by atomic mass is 32.1. The first kappa shape index (κ1) is 47.6. The molecule has 0 amide bonds. The molecule has 6 heterocycles. The van der Waals surface area contributed by atoms with Gasteiger partial charge in [-0.15, -0.1) is 11.3 Å². The number of nitrogens with zero attached hydrogens (tertiary/aromatic N) is 8. The molecule has 0 aliphatic carbocycles. The summed E-state index contributed by atoms with van der Waals surface area (Å²) in [6.45, 7) is 11.3. The van der Waals surface area contributed by atoms with Gasteiger partial charge in [-0.1, -0.05) is 121 Å². The van der Waals surface area contributed by atoms with E-state index in [1.165, 1.54) is 44.3 Å². The third-order valence-corrected chi connectivity index (χ3v) is 17.0. The minimum atomic E-state index is 0.562. The maximum Gasteiger partial charge on any atom is 0.238 e. The van der Waals surface area contributed by atoms with Crippen molar-refractivity contribution in [1.82, 2.24) is 34.1 Å². The number of benzene rings is 8. The zero-order valence-electron chi connectivity index (χ0n) is 44.3. The van der Waals surface area contributed by atoms with Crippen LogP contribution in [0.1, 0.15) is 27.8 Å². The first-order valence-electron chi connectivity index (χ1n) is 26.6. The highest BCUT2D eigenvalue weighted by Crippen LogP contribution is 2.47. The molecule has 14 aromatic rings. The predicted molar refractivity (Wildman–Crippen MR) is 328 cm³/mol. The normalized spacial score (nSPS) is 11.6. The van der Waals surface area contributed by atoms with Gasteiger partial charge in [-0.2, -0.15) is 9.97 Å². The SMILES string of the molecule is Cc1c(C)c(C)c(-n2c3ccc(-c4ccc(N(c5cccc(-c6ccccn6)c5)c5cccc(-c6ccccn6)c5)s4)cc3c3cc4c5ccccc5n(-c5nc(-c6ccccc6)nc(-c6ccccc6)n5)c4cc32)c(C)c1C. The Hall–Kier alpha value is -9.83. The van der Waals surface area contributed by atoms with E-state index in [0.717, 1.165) is 93.3 Å². The van der Waals surface area contributed by atoms with Crippen LogP contribution in [0.5, 0.6) is 0 Å². The maximum atomic E-state index is 5.30. The van der Waals surface area contributed by atoms with E-state index < -0.39 is 0 Å². The minimum absolute atomic E-state index is 0.562. The molecule has 14 rings (SSSR count). The summed E-state index contributed by atoms with van der Waals surface area (Å²) in [4.78, 5) is 28.6. The van der Waals surface area contributed by atoms with Crippen LogP contribution >= 0.6 is 11.3 Å². The number of pyridine rings is 2. The lowest BCUT2D eigenvalue weighted by molar-refractivity contribution is 0.953. The lowest BCUT2D eigenvalue weighted by Crippen LogP contribution is -2.08. The van der Waals surface area contributed by atoms with Crippen molar-refractivity contribution >= 4 is 71.3 Å². The van der Waals surface area contributed by atoms with Crippen LogP contribution in [-0.2, 0) is 0 Å². The van der Waals surface area contributed by atoms with E-state index in [-0.39, 0.29) is 0 Å². The summed E-state index contributed by atoms with van der Waals surface area (Å²) in [5, 5.41) is 5.68. The van der Waals surface area contributed by atoms with Gasteiger partial charge in [0.05, 0.1) is 39.1 Å². The topological polar surface area (TPSA) is 77.5 Å². The summed E-state index contributed by atoms with van der Waals surface area (Å²) >= 11 is 1.78. The highest BCUT2D eigenvalue weighted by Gasteiger charge is 2.25. The van der Waals surface area contributed by atoms with Crippen LogP contribution in [0.15, 0.2) is 225 Å². The summed E-state index contributed by atoms with van der Waals surface area (Å²) in [7, 11) is 0. The molecule has 79 heavy (non-hydrogen) atoms. The van der Waals surface area contributed by atoms with Gasteiger partial charge in [-0.05, 0) is 159 Å². The standard InChI is InChI=1S/C70H52N8S/c1-43-44(2)46(4)67(47(5)45(43)3)77-62-33-32-52(65-34-35-66(79-65)76(53-26-18-24-50(38-53)59-29-14-16-36-71-59)54-27-19-25-51(39-54)60-30-15-17-37-72-60)40-56(62)58-41-57-55-28-12-13-31-61(55)78(64(57)42-63(58)77)70-74-68(48-20-8-6-9-21-48)73-69(75-70)49-22-10-7-11-23-49/h6-42H,1-5H3. The number of aromatic nitrogens is 7. The quantitative estimate of drug-likeness (QED) is 0.136. The van der Waals surface area contributed by atoms with E-state index >= 15 is 0 Å². The number of fused-ring (bicyclic) bond motifs is 6. The van der Waals surface area contributed by atoms with E-state index in [0.29, 0.717) is 17.6 Å². The Labute approximate surface area is 462 Å². The Morgan fingerprint density at radius 2 is 0.873 bits per heavy atom. The first-order chi connectivity index (χ1) is 38.8. The van der Waals surface area contributed by atoms with Crippen molar-refractivity contribution in [2.24, 2.45) is 0 Å². The lowest BCUT2D eigenvalue weighted by atomic mass is 9.92. The van der Waals surface area contributed by atoms with Crippen LogP contribution in [0, 0.1) is 34.6 Å². The zero-order valence-corrected chi connectivity index (χ0v) is 45.2. The van der Waals surface area contributed by atoms with E-state index in [4.69, 9.17) is 24.9 Å². The van der Waals surface area contributed by atoms with Gasteiger partial charge in [0, 0.05) is 72.4 Å². The Morgan fingerprint density at radius 3 is 1.48 bits per heavy atom. The molecule has 378 valence electrons. The molecule has 8 nitrogen and oxygen atoms in total. The van der Waals surface area contributed by atoms with Gasteiger partial charge >= 0.3 is 0 Å². The summed E-state index contributed by atoms with van der Waals surface area (Å²) < 4.78 is 4.75. The third kappa shape index (κ3) is 8.17. The van der Waals surface area contributed by atoms with Crippen LogP contribution in [0.3, 0.4) is 0 Å². The monoisotopic (exact) mass is 1040 g/mol. The van der Waals surface area contributed by atoms with Gasteiger partial charge in [-0.25, -0.2) is 4.98 Å². The molecule has 0 aliphatic heterocycles. The first-order valence-corrected chi connectivity index (χ1v) is 27.5. The fourth-order valence-electron chi connectivity index (χ4n) is 11.5. The zero-order chi connectivity index (χ0) is 53.3. The molecule has 0 bridgehead atoms. The van der Waals surface area contributed by atoms with Crippen molar-refractivity contribution in [1.29, 1.82) is 0 Å². The van der Waals surface area contributed by atoms with E-state index in [2.05, 4.69) is 200 Å². The molecular weight excluding hydrogens is 985 g/mol. The van der Waals surface area contributed by atoms with Crippen molar-refractivity contribution in [3.8, 4) is 67.4 Å². The van der Waals surface area contributed by atoms with Crippen LogP contribution in [0.2, 0.25) is 0 Å². The summed E-state index contributed by atoms with van der Waals surface area (Å²) in [6.07, 6.45) is 3.70. The van der Waals surface area contributed by atoms with Crippen molar-refractivity contribution in [2.45, 2.75) is 34.6 Å². The Morgan fingerprint density at radius 1 is 0.354 bits per heavy atom. The average Bonchev–Trinajstić information content (AvgIpc) is 3.39. The maximum absolute atomic E-state index is 5.30. The Kier molecular flexibility index (Phi) is 11.6. The molecule has 0 spiro atoms. The van der Waals surface area contributed by atoms with Gasteiger partial charge < -0.3 is 9.47 Å². The number of hydrogen-bond donors (Lipinski definition) is 0. The summed E-state index contributed by atoms with van der Waals surface area (Å²) in [5.74, 6) is 1.80. The number of hydrogen-bond acceptors (Lipinski definition) is 7. The van der Waals surface area contributed by atoms with Gasteiger partial charge in [-0.3, -0.25) is 14.5 Å².